The lowest BCUT2D eigenvalue weighted by Crippen LogP contribution is -2.22. The second-order valence-corrected chi connectivity index (χ2v) is 9.42. The van der Waals surface area contributed by atoms with Crippen molar-refractivity contribution in [1.29, 1.82) is 0 Å². The zero-order chi connectivity index (χ0) is 27.3. The second-order valence-electron chi connectivity index (χ2n) is 9.42. The van der Waals surface area contributed by atoms with Gasteiger partial charge in [-0.15, -0.1) is 0 Å². The highest BCUT2D eigenvalue weighted by Crippen LogP contribution is 2.25. The van der Waals surface area contributed by atoms with E-state index in [4.69, 9.17) is 14.5 Å². The van der Waals surface area contributed by atoms with E-state index in [1.165, 1.54) is 11.6 Å². The third-order valence-electron chi connectivity index (χ3n) is 6.48. The Balaban J connectivity index is 1.27. The first-order chi connectivity index (χ1) is 19.1. The number of esters is 1. The van der Waals surface area contributed by atoms with Crippen molar-refractivity contribution in [3.05, 3.63) is 101 Å². The Kier molecular flexibility index (Phi) is 10.6. The van der Waals surface area contributed by atoms with Crippen molar-refractivity contribution >= 4 is 11.8 Å². The van der Waals surface area contributed by atoms with E-state index in [2.05, 4.69) is 28.1 Å². The van der Waals surface area contributed by atoms with Crippen molar-refractivity contribution in [3.8, 4) is 5.75 Å². The average Bonchev–Trinajstić information content (AvgIpc) is 2.96. The van der Waals surface area contributed by atoms with E-state index in [-0.39, 0.29) is 24.7 Å². The first-order valence-electron chi connectivity index (χ1n) is 13.6. The molecule has 0 saturated heterocycles. The van der Waals surface area contributed by atoms with Crippen molar-refractivity contribution in [2.45, 2.75) is 51.7 Å². The number of carbonyl (C=O) groups is 1. The molecule has 206 valence electrons. The summed E-state index contributed by atoms with van der Waals surface area (Å²) in [6, 6.07) is 18.2. The van der Waals surface area contributed by atoms with Crippen LogP contribution in [0.2, 0.25) is 0 Å². The highest BCUT2D eigenvalue weighted by Gasteiger charge is 2.18. The highest BCUT2D eigenvalue weighted by atomic mass is 19.1. The molecular formula is C31H37FN4O3. The normalized spacial score (nSPS) is 13.3. The Morgan fingerprint density at radius 1 is 1.15 bits per heavy atom. The Labute approximate surface area is 229 Å². The van der Waals surface area contributed by atoms with Gasteiger partial charge in [-0.2, -0.15) is 0 Å². The van der Waals surface area contributed by atoms with E-state index in [1.807, 2.05) is 30.3 Å². The van der Waals surface area contributed by atoms with Gasteiger partial charge >= 0.3 is 5.97 Å². The van der Waals surface area contributed by atoms with Gasteiger partial charge < -0.3 is 25.4 Å². The van der Waals surface area contributed by atoms with E-state index in [0.717, 1.165) is 55.8 Å². The molecule has 0 radical (unpaired) electrons. The molecular weight excluding hydrogens is 495 g/mol. The Morgan fingerprint density at radius 3 is 2.85 bits per heavy atom. The molecule has 3 aromatic rings. The minimum Gasteiger partial charge on any atom is -0.486 e. The number of ether oxygens (including phenoxy) is 2. The quantitative estimate of drug-likeness (QED) is 0.188. The summed E-state index contributed by atoms with van der Waals surface area (Å²) < 4.78 is 25.6. The maximum Gasteiger partial charge on any atom is 0.308 e. The second kappa shape index (κ2) is 14.8. The number of benzene rings is 2. The summed E-state index contributed by atoms with van der Waals surface area (Å²) in [6.45, 7) is 4.08. The van der Waals surface area contributed by atoms with Crippen LogP contribution in [0.5, 0.6) is 5.75 Å². The number of anilines is 1. The van der Waals surface area contributed by atoms with Gasteiger partial charge in [-0.3, -0.25) is 4.79 Å². The van der Waals surface area contributed by atoms with Gasteiger partial charge in [-0.05, 0) is 67.5 Å². The lowest BCUT2D eigenvalue weighted by molar-refractivity contribution is -0.143. The Bertz CT molecular complexity index is 1240. The summed E-state index contributed by atoms with van der Waals surface area (Å²) >= 11 is 0. The molecule has 3 N–H and O–H groups in total. The van der Waals surface area contributed by atoms with Gasteiger partial charge in [0, 0.05) is 31.2 Å². The van der Waals surface area contributed by atoms with Crippen LogP contribution in [0, 0.1) is 5.82 Å². The minimum atomic E-state index is -0.479. The molecule has 1 atom stereocenters. The number of pyridine rings is 1. The Morgan fingerprint density at radius 2 is 2.03 bits per heavy atom. The summed E-state index contributed by atoms with van der Waals surface area (Å²) in [5.74, 6) is 0.356. The molecule has 2 heterocycles. The minimum absolute atomic E-state index is 0.0693. The first-order valence-corrected chi connectivity index (χ1v) is 13.6. The molecule has 8 heteroatoms. The third kappa shape index (κ3) is 8.74. The molecule has 1 aliphatic heterocycles. The fourth-order valence-electron chi connectivity index (χ4n) is 4.43. The number of carbonyl (C=O) groups excluding carboxylic acids is 1. The number of aryl methyl sites for hydroxylation is 2. The van der Waals surface area contributed by atoms with Crippen molar-refractivity contribution in [2.75, 3.05) is 25.0 Å². The van der Waals surface area contributed by atoms with Crippen LogP contribution in [0.1, 0.15) is 54.6 Å². The molecule has 0 unspecified atom stereocenters. The number of fused-ring (bicyclic) bond motifs is 1. The number of rotatable bonds is 14. The molecule has 2 aromatic carbocycles. The largest absolute Gasteiger partial charge is 0.486 e. The molecule has 0 saturated carbocycles. The van der Waals surface area contributed by atoms with E-state index in [0.29, 0.717) is 12.2 Å². The van der Waals surface area contributed by atoms with Crippen LogP contribution in [0.3, 0.4) is 0 Å². The number of aromatic nitrogens is 1. The van der Waals surface area contributed by atoms with Crippen LogP contribution >= 0.6 is 0 Å². The number of halogens is 1. The zero-order valence-corrected chi connectivity index (χ0v) is 22.4. The van der Waals surface area contributed by atoms with Crippen molar-refractivity contribution in [2.24, 2.45) is 0 Å². The molecule has 1 aliphatic rings. The SMILES string of the molecule is CCOC(=O)C[C@@H](N/C=C\NCCCc1ccc2c(n1)NCCC2)c1ccc(OCc2ccccc2)c(F)c1. The van der Waals surface area contributed by atoms with Crippen molar-refractivity contribution in [3.63, 3.8) is 0 Å². The first kappa shape index (κ1) is 28.0. The van der Waals surface area contributed by atoms with Gasteiger partial charge in [0.25, 0.3) is 0 Å². The predicted molar refractivity (Wildman–Crippen MR) is 151 cm³/mol. The lowest BCUT2D eigenvalue weighted by atomic mass is 10.0. The van der Waals surface area contributed by atoms with E-state index < -0.39 is 11.9 Å². The zero-order valence-electron chi connectivity index (χ0n) is 22.4. The molecule has 4 rings (SSSR count). The fraction of sp³-hybridized carbons (Fsp3) is 0.355. The van der Waals surface area contributed by atoms with Crippen LogP contribution in [-0.2, 0) is 29.0 Å². The summed E-state index contributed by atoms with van der Waals surface area (Å²) in [5, 5.41) is 9.84. The van der Waals surface area contributed by atoms with Crippen molar-refractivity contribution in [1.82, 2.24) is 15.6 Å². The van der Waals surface area contributed by atoms with Gasteiger partial charge in [0.05, 0.1) is 19.1 Å². The standard InChI is InChI=1S/C31H37FN4O3/c1-2-38-30(37)21-28(25-13-15-29(27(32)20-25)39-22-23-8-4-3-5-9-23)34-19-18-33-16-7-11-26-14-12-24-10-6-17-35-31(24)36-26/h3-5,8-9,12-15,18-20,28,33-34H,2,6-7,10-11,16-17,21-22H2,1H3,(H,35,36)/b19-18-/t28-/m1/s1. The van der Waals surface area contributed by atoms with Crippen LogP contribution in [-0.4, -0.2) is 30.6 Å². The van der Waals surface area contributed by atoms with Crippen LogP contribution in [0.4, 0.5) is 10.2 Å². The molecule has 1 aromatic heterocycles. The third-order valence-corrected chi connectivity index (χ3v) is 6.48. The smallest absolute Gasteiger partial charge is 0.308 e. The van der Waals surface area contributed by atoms with Crippen molar-refractivity contribution < 1.29 is 18.7 Å². The summed E-state index contributed by atoms with van der Waals surface area (Å²) in [5.41, 5.74) is 3.96. The average molecular weight is 533 g/mol. The number of hydrogen-bond donors (Lipinski definition) is 3. The molecule has 0 spiro atoms. The summed E-state index contributed by atoms with van der Waals surface area (Å²) in [6.07, 6.45) is 7.66. The maximum absolute atomic E-state index is 14.9. The monoisotopic (exact) mass is 532 g/mol. The molecule has 0 bridgehead atoms. The lowest BCUT2D eigenvalue weighted by Gasteiger charge is -2.18. The van der Waals surface area contributed by atoms with Gasteiger partial charge in [0.1, 0.15) is 12.4 Å². The van der Waals surface area contributed by atoms with Crippen LogP contribution < -0.4 is 20.7 Å². The van der Waals surface area contributed by atoms with Gasteiger partial charge in [-0.1, -0.05) is 42.5 Å². The summed E-state index contributed by atoms with van der Waals surface area (Å²) in [7, 11) is 0. The van der Waals surface area contributed by atoms with Gasteiger partial charge in [0.15, 0.2) is 11.6 Å². The Hall–Kier alpha value is -4.07. The molecule has 39 heavy (non-hydrogen) atoms. The molecule has 0 aliphatic carbocycles. The number of nitrogens with one attached hydrogen (secondary N) is 3. The number of nitrogens with zero attached hydrogens (tertiary/aromatic N) is 1. The molecule has 0 fully saturated rings. The van der Waals surface area contributed by atoms with E-state index >= 15 is 0 Å². The van der Waals surface area contributed by atoms with Gasteiger partial charge in [-0.25, -0.2) is 9.37 Å². The summed E-state index contributed by atoms with van der Waals surface area (Å²) in [4.78, 5) is 16.9. The highest BCUT2D eigenvalue weighted by molar-refractivity contribution is 5.70. The van der Waals surface area contributed by atoms with Crippen LogP contribution in [0.25, 0.3) is 0 Å². The van der Waals surface area contributed by atoms with E-state index in [9.17, 15) is 9.18 Å². The molecule has 7 nitrogen and oxygen atoms in total. The predicted octanol–water partition coefficient (Wildman–Crippen LogP) is 5.44. The van der Waals surface area contributed by atoms with Crippen LogP contribution in [0.15, 0.2) is 73.1 Å². The topological polar surface area (TPSA) is 84.5 Å². The fourth-order valence-corrected chi connectivity index (χ4v) is 4.43. The maximum atomic E-state index is 14.9. The van der Waals surface area contributed by atoms with E-state index in [1.54, 1.807) is 31.5 Å². The van der Waals surface area contributed by atoms with Gasteiger partial charge in [0.2, 0.25) is 0 Å². The number of hydrogen-bond acceptors (Lipinski definition) is 7. The molecule has 0 amide bonds.